The zero-order valence-electron chi connectivity index (χ0n) is 17.2. The van der Waals surface area contributed by atoms with Crippen molar-refractivity contribution in [1.29, 1.82) is 0 Å². The Labute approximate surface area is 171 Å². The fourth-order valence-electron chi connectivity index (χ4n) is 3.38. The molecular weight excluding hydrogens is 368 g/mol. The van der Waals surface area contributed by atoms with Gasteiger partial charge in [0.05, 0.1) is 6.54 Å². The van der Waals surface area contributed by atoms with E-state index in [4.69, 9.17) is 9.47 Å². The summed E-state index contributed by atoms with van der Waals surface area (Å²) in [7, 11) is 1.74. The van der Waals surface area contributed by atoms with Crippen molar-refractivity contribution in [3.05, 3.63) is 59.2 Å². The number of amides is 2. The van der Waals surface area contributed by atoms with Gasteiger partial charge in [0.2, 0.25) is 0 Å². The van der Waals surface area contributed by atoms with Crippen LogP contribution in [0.3, 0.4) is 0 Å². The number of ether oxygens (including phenoxy) is 2. The summed E-state index contributed by atoms with van der Waals surface area (Å²) in [6.07, 6.45) is 1.22. The quantitative estimate of drug-likeness (QED) is 0.777. The van der Waals surface area contributed by atoms with E-state index in [2.05, 4.69) is 11.4 Å². The van der Waals surface area contributed by atoms with Gasteiger partial charge < -0.3 is 19.7 Å². The number of carbonyl (C=O) groups excluding carboxylic acids is 2. The molecule has 2 aromatic carbocycles. The molecule has 29 heavy (non-hydrogen) atoms. The number of rotatable bonds is 7. The highest BCUT2D eigenvalue weighted by atomic mass is 16.5. The minimum atomic E-state index is -0.403. The van der Waals surface area contributed by atoms with Crippen molar-refractivity contribution in [2.75, 3.05) is 32.1 Å². The van der Waals surface area contributed by atoms with Crippen molar-refractivity contribution in [3.8, 4) is 5.75 Å². The molecule has 2 aromatic rings. The number of carbonyl (C=O) groups is 2. The summed E-state index contributed by atoms with van der Waals surface area (Å²) < 4.78 is 11.2. The van der Waals surface area contributed by atoms with Crippen molar-refractivity contribution >= 4 is 17.5 Å². The first-order chi connectivity index (χ1) is 13.9. The summed E-state index contributed by atoms with van der Waals surface area (Å²) in [5.41, 5.74) is 3.40. The van der Waals surface area contributed by atoms with Crippen LogP contribution in [0.1, 0.15) is 34.3 Å². The summed E-state index contributed by atoms with van der Waals surface area (Å²) in [5.74, 6) is 0.520. The SMILES string of the molecule is Cc1cc(C)cc(OCCN(C)C(=O)c2cccc(NC(=O)C3CCCO3)c2)c1. The maximum absolute atomic E-state index is 12.7. The molecule has 1 N–H and O–H groups in total. The van der Waals surface area contributed by atoms with Crippen LogP contribution in [-0.4, -0.2) is 49.6 Å². The lowest BCUT2D eigenvalue weighted by atomic mass is 10.1. The highest BCUT2D eigenvalue weighted by molar-refractivity contribution is 5.98. The van der Waals surface area contributed by atoms with Crippen molar-refractivity contribution in [2.45, 2.75) is 32.8 Å². The first-order valence-electron chi connectivity index (χ1n) is 9.91. The maximum Gasteiger partial charge on any atom is 0.253 e. The van der Waals surface area contributed by atoms with E-state index in [1.165, 1.54) is 0 Å². The minimum Gasteiger partial charge on any atom is -0.492 e. The standard InChI is InChI=1S/C23H28N2O4/c1-16-12-17(2)14-20(13-16)28-11-9-25(3)23(27)18-6-4-7-19(15-18)24-22(26)21-8-5-10-29-21/h4,6-7,12-15,21H,5,8-11H2,1-3H3,(H,24,26). The van der Waals surface area contributed by atoms with Crippen LogP contribution in [0.5, 0.6) is 5.75 Å². The number of nitrogens with one attached hydrogen (secondary N) is 1. The van der Waals surface area contributed by atoms with Gasteiger partial charge in [-0.25, -0.2) is 0 Å². The van der Waals surface area contributed by atoms with Crippen molar-refractivity contribution in [3.63, 3.8) is 0 Å². The van der Waals surface area contributed by atoms with Crippen molar-refractivity contribution < 1.29 is 19.1 Å². The maximum atomic E-state index is 12.7. The van der Waals surface area contributed by atoms with Crippen molar-refractivity contribution in [1.82, 2.24) is 4.90 Å². The predicted molar refractivity (Wildman–Crippen MR) is 112 cm³/mol. The Bertz CT molecular complexity index is 855. The monoisotopic (exact) mass is 396 g/mol. The van der Waals surface area contributed by atoms with E-state index in [9.17, 15) is 9.59 Å². The van der Waals surface area contributed by atoms with E-state index >= 15 is 0 Å². The third kappa shape index (κ3) is 5.81. The number of benzene rings is 2. The van der Waals surface area contributed by atoms with E-state index in [-0.39, 0.29) is 11.8 Å². The van der Waals surface area contributed by atoms with Crippen LogP contribution in [0.2, 0.25) is 0 Å². The molecule has 1 aliphatic heterocycles. The molecule has 154 valence electrons. The van der Waals surface area contributed by atoms with Gasteiger partial charge in [0.25, 0.3) is 11.8 Å². The Balaban J connectivity index is 1.54. The largest absolute Gasteiger partial charge is 0.492 e. The molecule has 6 nitrogen and oxygen atoms in total. The Kier molecular flexibility index (Phi) is 6.88. The molecule has 1 heterocycles. The van der Waals surface area contributed by atoms with E-state index in [1.54, 1.807) is 36.2 Å². The van der Waals surface area contributed by atoms with Gasteiger partial charge in [0.1, 0.15) is 18.5 Å². The Morgan fingerprint density at radius 3 is 2.62 bits per heavy atom. The van der Waals surface area contributed by atoms with Crippen LogP contribution in [0, 0.1) is 13.8 Å². The fraction of sp³-hybridized carbons (Fsp3) is 0.391. The lowest BCUT2D eigenvalue weighted by Gasteiger charge is -2.18. The van der Waals surface area contributed by atoms with Gasteiger partial charge in [-0.3, -0.25) is 9.59 Å². The number of hydrogen-bond acceptors (Lipinski definition) is 4. The number of aryl methyl sites for hydroxylation is 2. The van der Waals surface area contributed by atoms with Gasteiger partial charge in [0, 0.05) is 24.9 Å². The molecule has 1 atom stereocenters. The average molecular weight is 396 g/mol. The van der Waals surface area contributed by atoms with Gasteiger partial charge >= 0.3 is 0 Å². The predicted octanol–water partition coefficient (Wildman–Crippen LogP) is 3.57. The summed E-state index contributed by atoms with van der Waals surface area (Å²) in [6.45, 7) is 5.53. The molecule has 3 rings (SSSR count). The molecule has 0 aliphatic carbocycles. The van der Waals surface area contributed by atoms with Crippen LogP contribution in [0.25, 0.3) is 0 Å². The molecule has 1 fully saturated rings. The highest BCUT2D eigenvalue weighted by Gasteiger charge is 2.23. The molecule has 0 saturated carbocycles. The molecule has 0 aromatic heterocycles. The molecule has 6 heteroatoms. The number of likely N-dealkylation sites (N-methyl/N-ethyl adjacent to an activating group) is 1. The smallest absolute Gasteiger partial charge is 0.253 e. The molecule has 0 bridgehead atoms. The van der Waals surface area contributed by atoms with Gasteiger partial charge in [-0.15, -0.1) is 0 Å². The molecule has 1 unspecified atom stereocenters. The molecule has 1 saturated heterocycles. The lowest BCUT2D eigenvalue weighted by Crippen LogP contribution is -2.31. The Morgan fingerprint density at radius 2 is 1.93 bits per heavy atom. The average Bonchev–Trinajstić information content (AvgIpc) is 3.22. The van der Waals surface area contributed by atoms with Crippen LogP contribution in [0.4, 0.5) is 5.69 Å². The molecule has 1 aliphatic rings. The second-order valence-corrected chi connectivity index (χ2v) is 7.47. The van der Waals surface area contributed by atoms with E-state index in [0.29, 0.717) is 31.0 Å². The minimum absolute atomic E-state index is 0.123. The summed E-state index contributed by atoms with van der Waals surface area (Å²) >= 11 is 0. The number of hydrogen-bond donors (Lipinski definition) is 1. The molecule has 0 spiro atoms. The molecule has 0 radical (unpaired) electrons. The van der Waals surface area contributed by atoms with E-state index in [0.717, 1.165) is 29.7 Å². The Hall–Kier alpha value is -2.86. The zero-order valence-corrected chi connectivity index (χ0v) is 17.2. The topological polar surface area (TPSA) is 67.9 Å². The Morgan fingerprint density at radius 1 is 1.17 bits per heavy atom. The van der Waals surface area contributed by atoms with Gasteiger partial charge in [0.15, 0.2) is 0 Å². The van der Waals surface area contributed by atoms with Gasteiger partial charge in [-0.1, -0.05) is 12.1 Å². The normalized spacial score (nSPS) is 15.8. The summed E-state index contributed by atoms with van der Waals surface area (Å²) in [4.78, 5) is 26.5. The summed E-state index contributed by atoms with van der Waals surface area (Å²) in [6, 6.07) is 13.0. The zero-order chi connectivity index (χ0) is 20.8. The van der Waals surface area contributed by atoms with Gasteiger partial charge in [-0.2, -0.15) is 0 Å². The third-order valence-corrected chi connectivity index (χ3v) is 4.84. The van der Waals surface area contributed by atoms with E-state index < -0.39 is 6.10 Å². The van der Waals surface area contributed by atoms with E-state index in [1.807, 2.05) is 26.0 Å². The first-order valence-corrected chi connectivity index (χ1v) is 9.91. The first kappa shape index (κ1) is 20.9. The van der Waals surface area contributed by atoms with Crippen LogP contribution in [0.15, 0.2) is 42.5 Å². The van der Waals surface area contributed by atoms with Crippen molar-refractivity contribution in [2.24, 2.45) is 0 Å². The molecule has 2 amide bonds. The fourth-order valence-corrected chi connectivity index (χ4v) is 3.38. The van der Waals surface area contributed by atoms with Gasteiger partial charge in [-0.05, 0) is 68.1 Å². The van der Waals surface area contributed by atoms with Crippen LogP contribution in [-0.2, 0) is 9.53 Å². The molecular formula is C23H28N2O4. The lowest BCUT2D eigenvalue weighted by molar-refractivity contribution is -0.124. The third-order valence-electron chi connectivity index (χ3n) is 4.84. The van der Waals surface area contributed by atoms with Crippen LogP contribution >= 0.6 is 0 Å². The summed E-state index contributed by atoms with van der Waals surface area (Å²) in [5, 5.41) is 2.83. The second-order valence-electron chi connectivity index (χ2n) is 7.47. The highest BCUT2D eigenvalue weighted by Crippen LogP contribution is 2.18. The second kappa shape index (κ2) is 9.56. The number of nitrogens with zero attached hydrogens (tertiary/aromatic N) is 1. The number of anilines is 1. The van der Waals surface area contributed by atoms with Crippen LogP contribution < -0.4 is 10.1 Å².